The summed E-state index contributed by atoms with van der Waals surface area (Å²) >= 11 is 0. The number of nitrogens with two attached hydrogens (primary N) is 1. The zero-order valence-electron chi connectivity index (χ0n) is 12.0. The minimum atomic E-state index is -3.88. The summed E-state index contributed by atoms with van der Waals surface area (Å²) in [5.41, 5.74) is 4.45. The molecule has 0 radical (unpaired) electrons. The Kier molecular flexibility index (Phi) is 4.67. The smallest absolute Gasteiger partial charge is 0.243 e. The number of nitrogens with zero attached hydrogens (tertiary/aromatic N) is 1. The Bertz CT molecular complexity index is 613. The van der Waals surface area contributed by atoms with Crippen LogP contribution in [0.2, 0.25) is 0 Å². The van der Waals surface area contributed by atoms with Gasteiger partial charge in [-0.3, -0.25) is 0 Å². The van der Waals surface area contributed by atoms with Crippen LogP contribution in [0.4, 0.5) is 4.39 Å². The van der Waals surface area contributed by atoms with Crippen molar-refractivity contribution in [3.8, 4) is 0 Å². The van der Waals surface area contributed by atoms with Crippen LogP contribution in [0, 0.1) is 5.82 Å². The van der Waals surface area contributed by atoms with Gasteiger partial charge in [-0.05, 0) is 25.0 Å². The highest BCUT2D eigenvalue weighted by molar-refractivity contribution is 7.89. The summed E-state index contributed by atoms with van der Waals surface area (Å²) in [6, 6.07) is 3.88. The lowest BCUT2D eigenvalue weighted by Gasteiger charge is -2.28. The number of sulfonamides is 1. The van der Waals surface area contributed by atoms with Crippen molar-refractivity contribution in [3.63, 3.8) is 0 Å². The van der Waals surface area contributed by atoms with Gasteiger partial charge >= 0.3 is 0 Å². The predicted molar refractivity (Wildman–Crippen MR) is 77.5 cm³/mol. The molecule has 1 aromatic rings. The van der Waals surface area contributed by atoms with Crippen LogP contribution in [0.15, 0.2) is 23.1 Å². The second kappa shape index (κ2) is 6.00. The average molecular weight is 316 g/mol. The van der Waals surface area contributed by atoms with Crippen molar-refractivity contribution >= 4 is 10.0 Å². The van der Waals surface area contributed by atoms with Gasteiger partial charge in [0.05, 0.1) is 10.5 Å². The molecule has 1 aromatic carbocycles. The summed E-state index contributed by atoms with van der Waals surface area (Å²) in [5, 5.41) is 10.3. The van der Waals surface area contributed by atoms with E-state index in [1.165, 1.54) is 25.2 Å². The van der Waals surface area contributed by atoms with Crippen LogP contribution in [-0.2, 0) is 16.6 Å². The van der Waals surface area contributed by atoms with Crippen LogP contribution >= 0.6 is 0 Å². The zero-order chi connectivity index (χ0) is 15.7. The van der Waals surface area contributed by atoms with E-state index in [1.54, 1.807) is 0 Å². The van der Waals surface area contributed by atoms with Gasteiger partial charge in [0.25, 0.3) is 0 Å². The van der Waals surface area contributed by atoms with E-state index in [-0.39, 0.29) is 23.5 Å². The molecule has 0 saturated heterocycles. The lowest BCUT2D eigenvalue weighted by Crippen LogP contribution is -2.42. The molecule has 3 N–H and O–H groups in total. The summed E-state index contributed by atoms with van der Waals surface area (Å²) < 4.78 is 40.0. The van der Waals surface area contributed by atoms with Gasteiger partial charge in [0.1, 0.15) is 5.82 Å². The monoisotopic (exact) mass is 316 g/mol. The van der Waals surface area contributed by atoms with Gasteiger partial charge in [0.2, 0.25) is 10.0 Å². The fourth-order valence-corrected chi connectivity index (χ4v) is 4.33. The molecule has 1 aliphatic rings. The number of aliphatic hydroxyl groups is 1. The number of halogens is 1. The normalized spacial score (nSPS) is 18.3. The summed E-state index contributed by atoms with van der Waals surface area (Å²) in [6.45, 7) is -0.185. The minimum absolute atomic E-state index is 0.00978. The molecule has 5 nitrogen and oxygen atoms in total. The molecule has 0 aromatic heterocycles. The van der Waals surface area contributed by atoms with E-state index in [2.05, 4.69) is 0 Å². The summed E-state index contributed by atoms with van der Waals surface area (Å²) in [7, 11) is -2.48. The predicted octanol–water partition coefficient (Wildman–Crippen LogP) is 1.21. The summed E-state index contributed by atoms with van der Waals surface area (Å²) in [5.74, 6) is -0.633. The van der Waals surface area contributed by atoms with Gasteiger partial charge in [-0.15, -0.1) is 0 Å². The highest BCUT2D eigenvalue weighted by atomic mass is 32.2. The van der Waals surface area contributed by atoms with Crippen molar-refractivity contribution in [2.45, 2.75) is 42.7 Å². The Balaban J connectivity index is 2.31. The van der Waals surface area contributed by atoms with Crippen molar-refractivity contribution in [3.05, 3.63) is 29.6 Å². The molecular weight excluding hydrogens is 295 g/mol. The standard InChI is InChI=1S/C14H21FN2O3S/c1-17(10-14(18)7-2-3-8-14)21(19,20)13-6-4-5-12(15)11(13)9-16/h4-6,18H,2-3,7-10,16H2,1H3. The molecule has 1 aliphatic carbocycles. The van der Waals surface area contributed by atoms with E-state index in [9.17, 15) is 17.9 Å². The molecule has 7 heteroatoms. The van der Waals surface area contributed by atoms with Crippen molar-refractivity contribution < 1.29 is 17.9 Å². The second-order valence-corrected chi connectivity index (χ2v) is 7.63. The molecule has 1 saturated carbocycles. The fraction of sp³-hybridized carbons (Fsp3) is 0.571. The molecule has 0 spiro atoms. The van der Waals surface area contributed by atoms with Gasteiger partial charge < -0.3 is 10.8 Å². The van der Waals surface area contributed by atoms with Crippen molar-refractivity contribution in [1.82, 2.24) is 4.31 Å². The van der Waals surface area contributed by atoms with Crippen LogP contribution in [0.25, 0.3) is 0 Å². The number of likely N-dealkylation sites (N-methyl/N-ethyl adjacent to an activating group) is 1. The van der Waals surface area contributed by atoms with Crippen molar-refractivity contribution in [2.75, 3.05) is 13.6 Å². The van der Waals surface area contributed by atoms with Gasteiger partial charge in [-0.2, -0.15) is 4.31 Å². The van der Waals surface area contributed by atoms with Crippen molar-refractivity contribution in [1.29, 1.82) is 0 Å². The Morgan fingerprint density at radius 3 is 2.57 bits per heavy atom. The zero-order valence-corrected chi connectivity index (χ0v) is 12.9. The first kappa shape index (κ1) is 16.4. The Morgan fingerprint density at radius 1 is 1.38 bits per heavy atom. The van der Waals surface area contributed by atoms with E-state index < -0.39 is 21.4 Å². The Labute approximate surface area is 124 Å². The number of hydrogen-bond acceptors (Lipinski definition) is 4. The third-order valence-corrected chi connectivity index (χ3v) is 5.91. The number of rotatable bonds is 5. The molecule has 0 heterocycles. The molecule has 2 rings (SSSR count). The molecule has 1 fully saturated rings. The van der Waals surface area contributed by atoms with Crippen LogP contribution < -0.4 is 5.73 Å². The van der Waals surface area contributed by atoms with Crippen LogP contribution in [0.1, 0.15) is 31.2 Å². The topological polar surface area (TPSA) is 83.6 Å². The lowest BCUT2D eigenvalue weighted by atomic mass is 10.0. The molecule has 0 aliphatic heterocycles. The van der Waals surface area contributed by atoms with E-state index in [1.807, 2.05) is 0 Å². The first-order valence-corrected chi connectivity index (χ1v) is 8.40. The molecule has 118 valence electrons. The molecule has 0 bridgehead atoms. The first-order valence-electron chi connectivity index (χ1n) is 6.96. The highest BCUT2D eigenvalue weighted by Crippen LogP contribution is 2.31. The molecular formula is C14H21FN2O3S. The Hall–Kier alpha value is -1.02. The van der Waals surface area contributed by atoms with E-state index in [0.29, 0.717) is 12.8 Å². The quantitative estimate of drug-likeness (QED) is 0.855. The van der Waals surface area contributed by atoms with Crippen LogP contribution in [0.5, 0.6) is 0 Å². The van der Waals surface area contributed by atoms with E-state index >= 15 is 0 Å². The Morgan fingerprint density at radius 2 is 2.00 bits per heavy atom. The summed E-state index contributed by atoms with van der Waals surface area (Å²) in [6.07, 6.45) is 2.94. The van der Waals surface area contributed by atoms with Gasteiger partial charge in [-0.25, -0.2) is 12.8 Å². The summed E-state index contributed by atoms with van der Waals surface area (Å²) in [4.78, 5) is -0.130. The van der Waals surface area contributed by atoms with Crippen LogP contribution in [-0.4, -0.2) is 37.0 Å². The molecule has 0 atom stereocenters. The van der Waals surface area contributed by atoms with Crippen molar-refractivity contribution in [2.24, 2.45) is 5.73 Å². The van der Waals surface area contributed by atoms with E-state index in [4.69, 9.17) is 5.73 Å². The maximum atomic E-state index is 13.7. The minimum Gasteiger partial charge on any atom is -0.389 e. The van der Waals surface area contributed by atoms with E-state index in [0.717, 1.165) is 17.1 Å². The highest BCUT2D eigenvalue weighted by Gasteiger charge is 2.36. The third kappa shape index (κ3) is 3.26. The van der Waals surface area contributed by atoms with Gasteiger partial charge in [0, 0.05) is 25.7 Å². The fourth-order valence-electron chi connectivity index (χ4n) is 2.84. The molecule has 21 heavy (non-hydrogen) atoms. The number of benzene rings is 1. The first-order chi connectivity index (χ1) is 9.80. The second-order valence-electron chi connectivity index (χ2n) is 5.61. The number of hydrogen-bond donors (Lipinski definition) is 2. The largest absolute Gasteiger partial charge is 0.389 e. The lowest BCUT2D eigenvalue weighted by molar-refractivity contribution is 0.0333. The maximum absolute atomic E-state index is 13.7. The van der Waals surface area contributed by atoms with Gasteiger partial charge in [-0.1, -0.05) is 18.9 Å². The molecule has 0 amide bonds. The third-order valence-electron chi connectivity index (χ3n) is 4.02. The maximum Gasteiger partial charge on any atom is 0.243 e. The SMILES string of the molecule is CN(CC1(O)CCCC1)S(=O)(=O)c1cccc(F)c1CN. The van der Waals surface area contributed by atoms with Crippen LogP contribution in [0.3, 0.4) is 0 Å². The van der Waals surface area contributed by atoms with Gasteiger partial charge in [0.15, 0.2) is 0 Å². The average Bonchev–Trinajstić information content (AvgIpc) is 2.84. The molecule has 0 unspecified atom stereocenters.